The number of benzene rings is 1. The Labute approximate surface area is 86.9 Å². The maximum atomic E-state index is 3.60. The first-order valence-corrected chi connectivity index (χ1v) is 14.8. The molecule has 1 aromatic carbocycles. The van der Waals surface area contributed by atoms with Gasteiger partial charge in [0.25, 0.3) is 0 Å². The van der Waals surface area contributed by atoms with Crippen molar-refractivity contribution in [3.05, 3.63) is 28.7 Å². The van der Waals surface area contributed by atoms with Crippen LogP contribution in [0.2, 0.25) is 14.8 Å². The number of anilines is 1. The van der Waals surface area contributed by atoms with Gasteiger partial charge in [0.05, 0.1) is 0 Å². The summed E-state index contributed by atoms with van der Waals surface area (Å²) in [6.45, 7) is 0. The van der Waals surface area contributed by atoms with E-state index in [-0.39, 0.29) is 0 Å². The van der Waals surface area contributed by atoms with Crippen LogP contribution >= 0.6 is 15.9 Å². The molecule has 1 N–H and O–H groups in total. The Morgan fingerprint density at radius 1 is 1.25 bits per heavy atom. The fourth-order valence-corrected chi connectivity index (χ4v) is 4.31. The van der Waals surface area contributed by atoms with Crippen LogP contribution in [0.3, 0.4) is 0 Å². The third kappa shape index (κ3) is 3.80. The number of nitrogens with one attached hydrogen (secondary N) is 1. The van der Waals surface area contributed by atoms with Crippen LogP contribution < -0.4 is 3.54 Å². The van der Waals surface area contributed by atoms with Crippen molar-refractivity contribution in [2.45, 2.75) is 14.8 Å². The van der Waals surface area contributed by atoms with Gasteiger partial charge >= 0.3 is 87.4 Å². The third-order valence-electron chi connectivity index (χ3n) is 1.34. The molecule has 0 aliphatic heterocycles. The molecule has 3 heteroatoms. The van der Waals surface area contributed by atoms with E-state index < -0.39 is 18.7 Å². The predicted octanol–water partition coefficient (Wildman–Crippen LogP) is 3.70. The van der Waals surface area contributed by atoms with E-state index in [2.05, 4.69) is 52.5 Å². The van der Waals surface area contributed by atoms with E-state index in [1.165, 1.54) is 5.69 Å². The van der Waals surface area contributed by atoms with E-state index in [1.807, 2.05) is 6.07 Å². The monoisotopic (exact) mass is 335 g/mol. The zero-order chi connectivity index (χ0) is 9.19. The quantitative estimate of drug-likeness (QED) is 0.813. The number of hydrogen-bond acceptors (Lipinski definition) is 1. The van der Waals surface area contributed by atoms with Crippen molar-refractivity contribution in [2.24, 2.45) is 0 Å². The van der Waals surface area contributed by atoms with Crippen molar-refractivity contribution in [1.82, 2.24) is 0 Å². The second-order valence-electron chi connectivity index (χ2n) is 3.89. The molecule has 0 fully saturated rings. The molecule has 0 amide bonds. The van der Waals surface area contributed by atoms with Crippen molar-refractivity contribution >= 4 is 40.3 Å². The van der Waals surface area contributed by atoms with Crippen LogP contribution in [0.1, 0.15) is 0 Å². The molecule has 0 heterocycles. The summed E-state index contributed by atoms with van der Waals surface area (Å²) in [6.07, 6.45) is 0. The SMILES string of the molecule is [CH3][Sn]([CH3])([CH3])[NH]c1cccc(Br)c1. The molecule has 0 bridgehead atoms. The molecule has 0 aliphatic rings. The minimum absolute atomic E-state index is 1.14. The topological polar surface area (TPSA) is 12.0 Å². The molecule has 0 saturated carbocycles. The van der Waals surface area contributed by atoms with E-state index in [4.69, 9.17) is 0 Å². The van der Waals surface area contributed by atoms with Gasteiger partial charge in [-0.25, -0.2) is 0 Å². The maximum absolute atomic E-state index is 3.60. The number of halogens is 1. The Kier molecular flexibility index (Phi) is 3.46. The standard InChI is InChI=1S/C6H5BrN.3CH3.Sn/c7-5-2-1-3-6(8)4-5;;;;/h1-4,8H;3*1H3;/q-1;;;;+1. The summed E-state index contributed by atoms with van der Waals surface area (Å²) < 4.78 is 4.74. The van der Waals surface area contributed by atoms with E-state index in [0.29, 0.717) is 0 Å². The Morgan fingerprint density at radius 2 is 1.92 bits per heavy atom. The first kappa shape index (κ1) is 10.4. The Balaban J connectivity index is 2.77. The fraction of sp³-hybridized carbons (Fsp3) is 0.333. The summed E-state index contributed by atoms with van der Waals surface area (Å²) >= 11 is 1.59. The van der Waals surface area contributed by atoms with Crippen molar-refractivity contribution < 1.29 is 0 Å². The Morgan fingerprint density at radius 3 is 2.42 bits per heavy atom. The molecule has 0 spiro atoms. The summed E-state index contributed by atoms with van der Waals surface area (Å²) in [7, 11) is 0. The van der Waals surface area contributed by atoms with Crippen LogP contribution in [0.25, 0.3) is 0 Å². The van der Waals surface area contributed by atoms with E-state index in [0.717, 1.165) is 4.47 Å². The summed E-state index contributed by atoms with van der Waals surface area (Å²) in [5.74, 6) is 0. The summed E-state index contributed by atoms with van der Waals surface area (Å²) in [5.41, 5.74) is 1.24. The van der Waals surface area contributed by atoms with E-state index in [9.17, 15) is 0 Å². The van der Waals surface area contributed by atoms with Crippen molar-refractivity contribution in [3.63, 3.8) is 0 Å². The normalized spacial score (nSPS) is 11.3. The fourth-order valence-electron chi connectivity index (χ4n) is 0.999. The summed E-state index contributed by atoms with van der Waals surface area (Å²) in [4.78, 5) is 7.07. The van der Waals surface area contributed by atoms with Gasteiger partial charge in [-0.1, -0.05) is 0 Å². The molecule has 1 rings (SSSR count). The molecule has 0 unspecified atom stereocenters. The van der Waals surface area contributed by atoms with Crippen LogP contribution in [0.4, 0.5) is 5.69 Å². The van der Waals surface area contributed by atoms with Gasteiger partial charge in [0.1, 0.15) is 0 Å². The first-order valence-electron chi connectivity index (χ1n) is 4.01. The molecule has 1 aromatic rings. The van der Waals surface area contributed by atoms with Crippen LogP contribution in [-0.4, -0.2) is 18.7 Å². The van der Waals surface area contributed by atoms with Gasteiger partial charge in [0.15, 0.2) is 0 Å². The molecule has 66 valence electrons. The van der Waals surface area contributed by atoms with Gasteiger partial charge in [0, 0.05) is 0 Å². The molecule has 12 heavy (non-hydrogen) atoms. The molecular weight excluding hydrogens is 321 g/mol. The summed E-state index contributed by atoms with van der Waals surface area (Å²) in [5, 5.41) is 0. The van der Waals surface area contributed by atoms with Gasteiger partial charge in [-0.2, -0.15) is 0 Å². The zero-order valence-electron chi connectivity index (χ0n) is 7.69. The number of hydrogen-bond donors (Lipinski definition) is 1. The third-order valence-corrected chi connectivity index (χ3v) is 4.80. The second-order valence-corrected chi connectivity index (χ2v) is 18.4. The molecule has 0 radical (unpaired) electrons. The van der Waals surface area contributed by atoms with E-state index in [1.54, 1.807) is 0 Å². The summed E-state index contributed by atoms with van der Waals surface area (Å²) in [6, 6.07) is 8.35. The number of rotatable bonds is 2. The zero-order valence-corrected chi connectivity index (χ0v) is 12.1. The van der Waals surface area contributed by atoms with Crippen LogP contribution in [0.5, 0.6) is 0 Å². The van der Waals surface area contributed by atoms with Gasteiger partial charge in [0.2, 0.25) is 0 Å². The average Bonchev–Trinajstić information content (AvgIpc) is 1.82. The Bertz CT molecular complexity index is 267. The van der Waals surface area contributed by atoms with Gasteiger partial charge in [-0.3, -0.25) is 0 Å². The van der Waals surface area contributed by atoms with Crippen molar-refractivity contribution in [2.75, 3.05) is 3.54 Å². The molecule has 0 aromatic heterocycles. The van der Waals surface area contributed by atoms with Crippen molar-refractivity contribution in [3.8, 4) is 0 Å². The van der Waals surface area contributed by atoms with Gasteiger partial charge in [-0.05, 0) is 0 Å². The van der Waals surface area contributed by atoms with Gasteiger partial charge in [-0.15, -0.1) is 0 Å². The molecular formula is C9H14BrNSn. The minimum atomic E-state index is -1.87. The van der Waals surface area contributed by atoms with Crippen molar-refractivity contribution in [1.29, 1.82) is 0 Å². The molecule has 0 atom stereocenters. The Hall–Kier alpha value is 0.299. The molecule has 1 nitrogen and oxygen atoms in total. The van der Waals surface area contributed by atoms with Crippen LogP contribution in [0.15, 0.2) is 28.7 Å². The predicted molar refractivity (Wildman–Crippen MR) is 61.1 cm³/mol. The molecule has 0 saturated heterocycles. The van der Waals surface area contributed by atoms with Crippen LogP contribution in [0, 0.1) is 0 Å². The first-order chi connectivity index (χ1) is 5.47. The average molecular weight is 335 g/mol. The van der Waals surface area contributed by atoms with Crippen LogP contribution in [-0.2, 0) is 0 Å². The second kappa shape index (κ2) is 4.00. The van der Waals surface area contributed by atoms with E-state index >= 15 is 0 Å². The molecule has 0 aliphatic carbocycles. The van der Waals surface area contributed by atoms with Gasteiger partial charge < -0.3 is 0 Å².